The molecule has 0 amide bonds. The second-order valence-electron chi connectivity index (χ2n) is 5.85. The van der Waals surface area contributed by atoms with Gasteiger partial charge in [-0.15, -0.1) is 0 Å². The first-order valence-electron chi connectivity index (χ1n) is 7.90. The van der Waals surface area contributed by atoms with E-state index in [1.807, 2.05) is 36.4 Å². The van der Waals surface area contributed by atoms with E-state index in [9.17, 15) is 4.39 Å². The van der Waals surface area contributed by atoms with Crippen LogP contribution < -0.4 is 11.1 Å². The fourth-order valence-electron chi connectivity index (χ4n) is 2.62. The highest BCUT2D eigenvalue weighted by Gasteiger charge is 2.08. The van der Waals surface area contributed by atoms with Crippen LogP contribution in [0.3, 0.4) is 0 Å². The lowest BCUT2D eigenvalue weighted by Gasteiger charge is -2.11. The second kappa shape index (κ2) is 7.49. The van der Waals surface area contributed by atoms with Crippen molar-refractivity contribution in [2.75, 3.05) is 11.1 Å². The third-order valence-corrected chi connectivity index (χ3v) is 4.14. The summed E-state index contributed by atoms with van der Waals surface area (Å²) in [5.41, 5.74) is 10.9. The number of nitrogen functional groups attached to an aromatic ring is 1. The first-order valence-corrected chi connectivity index (χ1v) is 8.28. The first kappa shape index (κ1) is 17.2. The Morgan fingerprint density at radius 2 is 2.00 bits per heavy atom. The quantitative estimate of drug-likeness (QED) is 0.514. The molecule has 1 heterocycles. The maximum Gasteiger partial charge on any atom is 0.224 e. The highest BCUT2D eigenvalue weighted by Crippen LogP contribution is 2.22. The van der Waals surface area contributed by atoms with Gasteiger partial charge in [-0.1, -0.05) is 18.2 Å². The van der Waals surface area contributed by atoms with Crippen molar-refractivity contribution in [2.45, 2.75) is 19.8 Å². The van der Waals surface area contributed by atoms with Crippen LogP contribution in [0, 0.1) is 12.7 Å². The van der Waals surface area contributed by atoms with Crippen LogP contribution in [-0.2, 0) is 12.8 Å². The Morgan fingerprint density at radius 1 is 1.16 bits per heavy atom. The molecule has 0 radical (unpaired) electrons. The number of anilines is 3. The Kier molecular flexibility index (Phi) is 5.14. The van der Waals surface area contributed by atoms with Gasteiger partial charge in [-0.25, -0.2) is 9.37 Å². The molecule has 0 aliphatic rings. The molecule has 6 heteroatoms. The molecular formula is C19H18ClFN4. The molecule has 0 bridgehead atoms. The maximum atomic E-state index is 13.8. The van der Waals surface area contributed by atoms with Crippen LogP contribution in [-0.4, -0.2) is 9.97 Å². The van der Waals surface area contributed by atoms with Crippen molar-refractivity contribution >= 4 is 28.8 Å². The van der Waals surface area contributed by atoms with Crippen LogP contribution in [0.25, 0.3) is 0 Å². The number of nitrogens with zero attached hydrogens (tertiary/aromatic N) is 2. The predicted octanol–water partition coefficient (Wildman–Crippen LogP) is 4.69. The Morgan fingerprint density at radius 3 is 2.80 bits per heavy atom. The zero-order valence-corrected chi connectivity index (χ0v) is 14.5. The molecule has 0 aliphatic carbocycles. The SMILES string of the molecule is Cc1ccc(Nc2nc(Cl)ncc2F)cc1CCc1cccc(N)c1. The highest BCUT2D eigenvalue weighted by atomic mass is 35.5. The van der Waals surface area contributed by atoms with E-state index in [1.54, 1.807) is 0 Å². The molecule has 0 unspecified atom stereocenters. The molecule has 0 aliphatic heterocycles. The van der Waals surface area contributed by atoms with E-state index in [2.05, 4.69) is 28.3 Å². The molecule has 0 atom stereocenters. The van der Waals surface area contributed by atoms with Gasteiger partial charge in [-0.05, 0) is 72.3 Å². The summed E-state index contributed by atoms with van der Waals surface area (Å²) in [6, 6.07) is 13.8. The molecule has 1 aromatic heterocycles. The van der Waals surface area contributed by atoms with Gasteiger partial charge >= 0.3 is 0 Å². The topological polar surface area (TPSA) is 63.8 Å². The van der Waals surface area contributed by atoms with E-state index >= 15 is 0 Å². The lowest BCUT2D eigenvalue weighted by Crippen LogP contribution is -2.01. The Hall–Kier alpha value is -2.66. The third-order valence-electron chi connectivity index (χ3n) is 3.96. The van der Waals surface area contributed by atoms with Gasteiger partial charge < -0.3 is 11.1 Å². The van der Waals surface area contributed by atoms with Crippen molar-refractivity contribution in [2.24, 2.45) is 0 Å². The molecule has 3 N–H and O–H groups in total. The van der Waals surface area contributed by atoms with Crippen molar-refractivity contribution in [1.29, 1.82) is 0 Å². The van der Waals surface area contributed by atoms with Crippen LogP contribution in [0.1, 0.15) is 16.7 Å². The Labute approximate surface area is 150 Å². The number of halogens is 2. The molecule has 0 fully saturated rings. The van der Waals surface area contributed by atoms with Gasteiger partial charge in [0.05, 0.1) is 6.20 Å². The largest absolute Gasteiger partial charge is 0.399 e. The highest BCUT2D eigenvalue weighted by molar-refractivity contribution is 6.28. The van der Waals surface area contributed by atoms with Crippen LogP contribution in [0.15, 0.2) is 48.7 Å². The van der Waals surface area contributed by atoms with Crippen molar-refractivity contribution in [1.82, 2.24) is 9.97 Å². The van der Waals surface area contributed by atoms with Crippen molar-refractivity contribution in [3.8, 4) is 0 Å². The Balaban J connectivity index is 1.77. The molecule has 0 saturated heterocycles. The Bertz CT molecular complexity index is 898. The minimum absolute atomic E-state index is 0.00194. The fraction of sp³-hybridized carbons (Fsp3) is 0.158. The number of rotatable bonds is 5. The molecule has 128 valence electrons. The van der Waals surface area contributed by atoms with Crippen molar-refractivity contribution < 1.29 is 4.39 Å². The number of benzene rings is 2. The lowest BCUT2D eigenvalue weighted by molar-refractivity contribution is 0.619. The standard InChI is InChI=1S/C19H18ClFN4/c1-12-5-8-16(24-18-17(21)11-23-19(20)25-18)10-14(12)7-6-13-3-2-4-15(22)9-13/h2-5,8-11H,6-7,22H2,1H3,(H,23,24,25). The van der Waals surface area contributed by atoms with Gasteiger partial charge in [0.25, 0.3) is 0 Å². The summed E-state index contributed by atoms with van der Waals surface area (Å²) < 4.78 is 13.8. The lowest BCUT2D eigenvalue weighted by atomic mass is 9.99. The van der Waals surface area contributed by atoms with Gasteiger partial charge in [0, 0.05) is 11.4 Å². The summed E-state index contributed by atoms with van der Waals surface area (Å²) in [6.07, 6.45) is 2.79. The van der Waals surface area contributed by atoms with Gasteiger partial charge in [0.1, 0.15) is 0 Å². The second-order valence-corrected chi connectivity index (χ2v) is 6.18. The van der Waals surface area contributed by atoms with Gasteiger partial charge in [-0.3, -0.25) is 0 Å². The van der Waals surface area contributed by atoms with Gasteiger partial charge in [0.2, 0.25) is 5.28 Å². The normalized spacial score (nSPS) is 10.7. The zero-order valence-electron chi connectivity index (χ0n) is 13.8. The maximum absolute atomic E-state index is 13.8. The van der Waals surface area contributed by atoms with Crippen molar-refractivity contribution in [3.63, 3.8) is 0 Å². The summed E-state index contributed by atoms with van der Waals surface area (Å²) in [5, 5.41) is 2.96. The summed E-state index contributed by atoms with van der Waals surface area (Å²) in [6.45, 7) is 2.06. The number of hydrogen-bond donors (Lipinski definition) is 2. The van der Waals surface area contributed by atoms with Gasteiger partial charge in [-0.2, -0.15) is 4.98 Å². The molecule has 0 spiro atoms. The molecule has 25 heavy (non-hydrogen) atoms. The smallest absolute Gasteiger partial charge is 0.224 e. The summed E-state index contributed by atoms with van der Waals surface area (Å²) in [7, 11) is 0. The van der Waals surface area contributed by atoms with Crippen molar-refractivity contribution in [3.05, 3.63) is 76.5 Å². The molecule has 4 nitrogen and oxygen atoms in total. The predicted molar refractivity (Wildman–Crippen MR) is 99.7 cm³/mol. The summed E-state index contributed by atoms with van der Waals surface area (Å²) in [4.78, 5) is 7.49. The van der Waals surface area contributed by atoms with Crippen LogP contribution >= 0.6 is 11.6 Å². The van der Waals surface area contributed by atoms with Crippen LogP contribution in [0.5, 0.6) is 0 Å². The van der Waals surface area contributed by atoms with E-state index in [1.165, 1.54) is 16.7 Å². The summed E-state index contributed by atoms with van der Waals surface area (Å²) in [5.74, 6) is -0.489. The van der Waals surface area contributed by atoms with E-state index in [4.69, 9.17) is 17.3 Å². The zero-order chi connectivity index (χ0) is 17.8. The summed E-state index contributed by atoms with van der Waals surface area (Å²) >= 11 is 5.73. The first-order chi connectivity index (χ1) is 12.0. The van der Waals surface area contributed by atoms with E-state index in [-0.39, 0.29) is 11.1 Å². The van der Waals surface area contributed by atoms with E-state index in [0.717, 1.165) is 30.4 Å². The van der Waals surface area contributed by atoms with E-state index in [0.29, 0.717) is 0 Å². The van der Waals surface area contributed by atoms with Gasteiger partial charge in [0.15, 0.2) is 11.6 Å². The number of hydrogen-bond acceptors (Lipinski definition) is 4. The molecule has 2 aromatic carbocycles. The monoisotopic (exact) mass is 356 g/mol. The van der Waals surface area contributed by atoms with Crippen LogP contribution in [0.2, 0.25) is 5.28 Å². The number of aryl methyl sites for hydroxylation is 3. The minimum Gasteiger partial charge on any atom is -0.399 e. The molecule has 3 aromatic rings. The van der Waals surface area contributed by atoms with Crippen LogP contribution in [0.4, 0.5) is 21.6 Å². The minimum atomic E-state index is -0.550. The average Bonchev–Trinajstić information content (AvgIpc) is 2.58. The molecule has 3 rings (SSSR count). The molecular weight excluding hydrogens is 339 g/mol. The molecule has 0 saturated carbocycles. The third kappa shape index (κ3) is 4.45. The number of nitrogens with one attached hydrogen (secondary N) is 1. The number of aromatic nitrogens is 2. The number of nitrogens with two attached hydrogens (primary N) is 1. The fourth-order valence-corrected chi connectivity index (χ4v) is 2.75. The van der Waals surface area contributed by atoms with E-state index < -0.39 is 5.82 Å². The average molecular weight is 357 g/mol.